The van der Waals surface area contributed by atoms with E-state index in [1.54, 1.807) is 17.9 Å². The third kappa shape index (κ3) is 2.49. The Morgan fingerprint density at radius 2 is 2.13 bits per heavy atom. The van der Waals surface area contributed by atoms with E-state index in [-0.39, 0.29) is 5.91 Å². The molecule has 0 radical (unpaired) electrons. The number of amides is 1. The molecule has 0 bridgehead atoms. The predicted octanol–water partition coefficient (Wildman–Crippen LogP) is 2.34. The summed E-state index contributed by atoms with van der Waals surface area (Å²) in [5.74, 6) is 0.938. The number of para-hydroxylation sites is 1. The van der Waals surface area contributed by atoms with Gasteiger partial charge in [-0.3, -0.25) is 4.79 Å². The topological polar surface area (TPSA) is 81.6 Å². The van der Waals surface area contributed by atoms with Crippen molar-refractivity contribution in [2.24, 2.45) is 0 Å². The van der Waals surface area contributed by atoms with E-state index in [1.807, 2.05) is 24.3 Å². The Morgan fingerprint density at radius 1 is 1.26 bits per heavy atom. The van der Waals surface area contributed by atoms with E-state index in [0.717, 1.165) is 5.39 Å². The zero-order valence-electron chi connectivity index (χ0n) is 12.6. The van der Waals surface area contributed by atoms with Gasteiger partial charge in [0.15, 0.2) is 5.76 Å². The number of benzene rings is 1. The van der Waals surface area contributed by atoms with Gasteiger partial charge in [0, 0.05) is 18.9 Å². The Balaban J connectivity index is 1.67. The summed E-state index contributed by atoms with van der Waals surface area (Å²) >= 11 is 0. The van der Waals surface area contributed by atoms with Crippen LogP contribution in [-0.4, -0.2) is 40.8 Å². The molecule has 2 aromatic heterocycles. The molecule has 7 heteroatoms. The molecule has 1 atom stereocenters. The lowest BCUT2D eigenvalue weighted by Gasteiger charge is -2.32. The van der Waals surface area contributed by atoms with Crippen molar-refractivity contribution in [1.82, 2.24) is 15.1 Å². The highest BCUT2D eigenvalue weighted by atomic mass is 16.5. The van der Waals surface area contributed by atoms with Crippen LogP contribution in [0.2, 0.25) is 0 Å². The molecule has 0 N–H and O–H groups in total. The maximum Gasteiger partial charge on any atom is 0.290 e. The number of aryl methyl sites for hydroxylation is 1. The van der Waals surface area contributed by atoms with E-state index >= 15 is 0 Å². The fourth-order valence-electron chi connectivity index (χ4n) is 2.73. The third-order valence-electron chi connectivity index (χ3n) is 3.85. The van der Waals surface area contributed by atoms with Crippen molar-refractivity contribution in [3.8, 4) is 0 Å². The van der Waals surface area contributed by atoms with Gasteiger partial charge in [0.2, 0.25) is 11.8 Å². The number of carbonyl (C=O) groups excluding carboxylic acids is 1. The van der Waals surface area contributed by atoms with Gasteiger partial charge in [-0.25, -0.2) is 0 Å². The second-order valence-corrected chi connectivity index (χ2v) is 5.40. The van der Waals surface area contributed by atoms with Crippen molar-refractivity contribution in [2.45, 2.75) is 13.0 Å². The summed E-state index contributed by atoms with van der Waals surface area (Å²) in [6, 6.07) is 8.89. The van der Waals surface area contributed by atoms with Crippen molar-refractivity contribution >= 4 is 16.9 Å². The van der Waals surface area contributed by atoms with Gasteiger partial charge < -0.3 is 18.5 Å². The summed E-state index contributed by atoms with van der Waals surface area (Å²) in [7, 11) is 0. The lowest BCUT2D eigenvalue weighted by atomic mass is 10.2. The number of fused-ring (bicyclic) bond motifs is 1. The molecule has 7 nitrogen and oxygen atoms in total. The molecule has 118 valence electrons. The summed E-state index contributed by atoms with van der Waals surface area (Å²) in [5, 5.41) is 8.74. The van der Waals surface area contributed by atoms with Crippen LogP contribution in [-0.2, 0) is 4.74 Å². The van der Waals surface area contributed by atoms with Crippen LogP contribution in [0.4, 0.5) is 0 Å². The molecule has 3 aromatic rings. The fraction of sp³-hybridized carbons (Fsp3) is 0.312. The Labute approximate surface area is 131 Å². The maximum atomic E-state index is 12.8. The van der Waals surface area contributed by atoms with Gasteiger partial charge >= 0.3 is 0 Å². The third-order valence-corrected chi connectivity index (χ3v) is 3.85. The number of nitrogens with zero attached hydrogens (tertiary/aromatic N) is 3. The highest BCUT2D eigenvalue weighted by molar-refractivity contribution is 5.96. The Bertz CT molecular complexity index is 821. The number of carbonyl (C=O) groups is 1. The molecule has 0 aliphatic carbocycles. The minimum Gasteiger partial charge on any atom is -0.451 e. The van der Waals surface area contributed by atoms with Crippen molar-refractivity contribution in [3.63, 3.8) is 0 Å². The Hall–Kier alpha value is -2.67. The van der Waals surface area contributed by atoms with Crippen LogP contribution < -0.4 is 0 Å². The van der Waals surface area contributed by atoms with Crippen LogP contribution in [0.3, 0.4) is 0 Å². The van der Waals surface area contributed by atoms with E-state index in [2.05, 4.69) is 10.2 Å². The largest absolute Gasteiger partial charge is 0.451 e. The van der Waals surface area contributed by atoms with Crippen molar-refractivity contribution in [1.29, 1.82) is 0 Å². The lowest BCUT2D eigenvalue weighted by molar-refractivity contribution is -0.0120. The average Bonchev–Trinajstić information content (AvgIpc) is 3.20. The van der Waals surface area contributed by atoms with Gasteiger partial charge in [-0.05, 0) is 12.1 Å². The second-order valence-electron chi connectivity index (χ2n) is 5.40. The number of aromatic nitrogens is 2. The molecule has 1 aromatic carbocycles. The minimum atomic E-state index is -0.398. The number of hydrogen-bond donors (Lipinski definition) is 0. The SMILES string of the molecule is Cc1nnc(C2COCCN2C(=O)c2cc3ccccc3o2)o1. The van der Waals surface area contributed by atoms with Crippen LogP contribution in [0, 0.1) is 6.92 Å². The average molecular weight is 313 g/mol. The van der Waals surface area contributed by atoms with Crippen molar-refractivity contribution in [3.05, 3.63) is 47.9 Å². The fourth-order valence-corrected chi connectivity index (χ4v) is 2.73. The van der Waals surface area contributed by atoms with Gasteiger partial charge in [0.25, 0.3) is 5.91 Å². The molecule has 23 heavy (non-hydrogen) atoms. The van der Waals surface area contributed by atoms with E-state index in [9.17, 15) is 4.79 Å². The Kier molecular flexibility index (Phi) is 3.34. The van der Waals surface area contributed by atoms with Gasteiger partial charge in [-0.15, -0.1) is 10.2 Å². The summed E-state index contributed by atoms with van der Waals surface area (Å²) in [4.78, 5) is 14.5. The summed E-state index contributed by atoms with van der Waals surface area (Å²) in [6.07, 6.45) is 0. The summed E-state index contributed by atoms with van der Waals surface area (Å²) in [5.41, 5.74) is 0.689. The molecule has 1 saturated heterocycles. The van der Waals surface area contributed by atoms with E-state index in [1.165, 1.54) is 0 Å². The molecule has 0 spiro atoms. The summed E-state index contributed by atoms with van der Waals surface area (Å²) < 4.78 is 16.6. The molecule has 1 unspecified atom stereocenters. The highest BCUT2D eigenvalue weighted by Crippen LogP contribution is 2.27. The minimum absolute atomic E-state index is 0.203. The zero-order valence-corrected chi connectivity index (χ0v) is 12.6. The molecule has 1 aliphatic heterocycles. The van der Waals surface area contributed by atoms with Crippen LogP contribution in [0.1, 0.15) is 28.4 Å². The van der Waals surface area contributed by atoms with Crippen LogP contribution in [0.15, 0.2) is 39.2 Å². The van der Waals surface area contributed by atoms with E-state index in [4.69, 9.17) is 13.6 Å². The maximum absolute atomic E-state index is 12.8. The summed E-state index contributed by atoms with van der Waals surface area (Å²) in [6.45, 7) is 2.96. The number of morpholine rings is 1. The van der Waals surface area contributed by atoms with Gasteiger partial charge in [-0.1, -0.05) is 18.2 Å². The Morgan fingerprint density at radius 3 is 2.91 bits per heavy atom. The monoisotopic (exact) mass is 313 g/mol. The van der Waals surface area contributed by atoms with Gasteiger partial charge in [0.05, 0.1) is 13.2 Å². The first-order valence-electron chi connectivity index (χ1n) is 7.39. The lowest BCUT2D eigenvalue weighted by Crippen LogP contribution is -2.43. The number of furan rings is 1. The molecule has 1 aliphatic rings. The standard InChI is InChI=1S/C16H15N3O4/c1-10-17-18-15(22-10)12-9-21-7-6-19(12)16(20)14-8-11-4-2-3-5-13(11)23-14/h2-5,8,12H,6-7,9H2,1H3. The smallest absolute Gasteiger partial charge is 0.290 e. The van der Waals surface area contributed by atoms with Crippen LogP contribution in [0.5, 0.6) is 0 Å². The molecule has 4 rings (SSSR count). The van der Waals surface area contributed by atoms with E-state index in [0.29, 0.717) is 42.9 Å². The number of hydrogen-bond acceptors (Lipinski definition) is 6. The molecule has 3 heterocycles. The quantitative estimate of drug-likeness (QED) is 0.722. The predicted molar refractivity (Wildman–Crippen MR) is 79.8 cm³/mol. The first-order valence-corrected chi connectivity index (χ1v) is 7.39. The second kappa shape index (κ2) is 5.51. The highest BCUT2D eigenvalue weighted by Gasteiger charge is 2.34. The normalized spacial score (nSPS) is 18.5. The number of rotatable bonds is 2. The van der Waals surface area contributed by atoms with Crippen molar-refractivity contribution < 1.29 is 18.4 Å². The van der Waals surface area contributed by atoms with Gasteiger partial charge in [0.1, 0.15) is 11.6 Å². The molecular weight excluding hydrogens is 298 g/mol. The molecule has 0 saturated carbocycles. The molecule has 1 fully saturated rings. The van der Waals surface area contributed by atoms with Crippen molar-refractivity contribution in [2.75, 3.05) is 19.8 Å². The molecular formula is C16H15N3O4. The number of ether oxygens (including phenoxy) is 1. The van der Waals surface area contributed by atoms with Crippen LogP contribution in [0.25, 0.3) is 11.0 Å². The van der Waals surface area contributed by atoms with Gasteiger partial charge in [-0.2, -0.15) is 0 Å². The molecule has 1 amide bonds. The first-order chi connectivity index (χ1) is 11.2. The first kappa shape index (κ1) is 14.0. The zero-order chi connectivity index (χ0) is 15.8. The van der Waals surface area contributed by atoms with E-state index < -0.39 is 6.04 Å². The van der Waals surface area contributed by atoms with Crippen LogP contribution >= 0.6 is 0 Å².